The first-order chi connectivity index (χ1) is 13.6. The summed E-state index contributed by atoms with van der Waals surface area (Å²) in [6, 6.07) is 6.36. The molecule has 29 heavy (non-hydrogen) atoms. The highest BCUT2D eigenvalue weighted by molar-refractivity contribution is 6.27. The quantitative estimate of drug-likeness (QED) is 0.374. The van der Waals surface area contributed by atoms with E-state index in [9.17, 15) is 0 Å². The largest absolute Gasteiger partial charge is 0.491 e. The van der Waals surface area contributed by atoms with E-state index in [-0.39, 0.29) is 5.41 Å². The van der Waals surface area contributed by atoms with Crippen LogP contribution >= 0.6 is 0 Å². The normalized spacial score (nSPS) is 10.8. The Morgan fingerprint density at radius 1 is 1.00 bits per heavy atom. The minimum Gasteiger partial charge on any atom is -0.491 e. The zero-order valence-corrected chi connectivity index (χ0v) is 18.1. The first kappa shape index (κ1) is 26.8. The Morgan fingerprint density at radius 3 is 2.21 bits per heavy atom. The van der Waals surface area contributed by atoms with E-state index in [1.165, 1.54) is 11.1 Å². The number of hydrogen-bond donors (Lipinski definition) is 3. The average Bonchev–Trinajstić information content (AvgIpc) is 2.64. The molecule has 0 aliphatic carbocycles. The van der Waals surface area contributed by atoms with Crippen LogP contribution in [0.2, 0.25) is 0 Å². The first-order valence-corrected chi connectivity index (χ1v) is 9.57. The van der Waals surface area contributed by atoms with Gasteiger partial charge >= 0.3 is 11.9 Å². The Labute approximate surface area is 173 Å². The molecule has 0 aliphatic heterocycles. The fourth-order valence-electron chi connectivity index (χ4n) is 2.28. The van der Waals surface area contributed by atoms with Crippen molar-refractivity contribution in [2.75, 3.05) is 46.6 Å². The molecular formula is C21H35NO7. The molecule has 0 aromatic heterocycles. The number of hydrogen-bond acceptors (Lipinski definition) is 6. The van der Waals surface area contributed by atoms with Crippen LogP contribution in [0.4, 0.5) is 0 Å². The Balaban J connectivity index is 0.00000113. The second-order valence-corrected chi connectivity index (χ2v) is 7.42. The molecule has 8 heteroatoms. The summed E-state index contributed by atoms with van der Waals surface area (Å²) < 4.78 is 16.5. The summed E-state index contributed by atoms with van der Waals surface area (Å²) in [7, 11) is 1.72. The maximum Gasteiger partial charge on any atom is 0.414 e. The van der Waals surface area contributed by atoms with Crippen LogP contribution in [0.1, 0.15) is 38.3 Å². The third-order valence-electron chi connectivity index (χ3n) is 3.74. The molecule has 0 unspecified atom stereocenters. The van der Waals surface area contributed by atoms with Gasteiger partial charge in [-0.05, 0) is 36.9 Å². The zero-order valence-electron chi connectivity index (χ0n) is 18.1. The minimum atomic E-state index is -1.82. The molecule has 8 nitrogen and oxygen atoms in total. The molecule has 1 aromatic carbocycles. The molecule has 0 spiro atoms. The number of aliphatic carboxylic acids is 2. The molecule has 166 valence electrons. The Bertz CT molecular complexity index is 600. The van der Waals surface area contributed by atoms with Crippen molar-refractivity contribution in [2.45, 2.75) is 39.5 Å². The van der Waals surface area contributed by atoms with Gasteiger partial charge in [-0.1, -0.05) is 38.5 Å². The molecular weight excluding hydrogens is 378 g/mol. The molecule has 0 amide bonds. The zero-order chi connectivity index (χ0) is 22.3. The Morgan fingerprint density at radius 2 is 1.66 bits per heavy atom. The van der Waals surface area contributed by atoms with Crippen LogP contribution in [0.3, 0.4) is 0 Å². The molecule has 0 fully saturated rings. The van der Waals surface area contributed by atoms with Crippen molar-refractivity contribution < 1.29 is 34.0 Å². The van der Waals surface area contributed by atoms with Crippen LogP contribution in [0.25, 0.3) is 0 Å². The standard InChI is InChI=1S/C19H33NO3.C2H2O4/c1-16-7-8-18(17(15-16)19(2,3)4)23-14-13-22-12-10-20-9-6-11-21-5;3-1(4)2(5)6/h7-8,15,20H,6,9-14H2,1-5H3;(H,3,4)(H,5,6). The third kappa shape index (κ3) is 13.6. The van der Waals surface area contributed by atoms with Crippen LogP contribution < -0.4 is 10.1 Å². The van der Waals surface area contributed by atoms with Crippen LogP contribution in [-0.4, -0.2) is 68.8 Å². The fraction of sp³-hybridized carbons (Fsp3) is 0.619. The summed E-state index contributed by atoms with van der Waals surface area (Å²) in [6.07, 6.45) is 1.03. The number of carboxylic acid groups (broad SMARTS) is 2. The topological polar surface area (TPSA) is 114 Å². The van der Waals surface area contributed by atoms with E-state index < -0.39 is 11.9 Å². The number of rotatable bonds is 11. The van der Waals surface area contributed by atoms with Gasteiger partial charge in [0.2, 0.25) is 0 Å². The van der Waals surface area contributed by atoms with Crippen molar-refractivity contribution in [2.24, 2.45) is 0 Å². The molecule has 3 N–H and O–H groups in total. The lowest BCUT2D eigenvalue weighted by molar-refractivity contribution is -0.159. The van der Waals surface area contributed by atoms with Crippen molar-refractivity contribution >= 4 is 11.9 Å². The van der Waals surface area contributed by atoms with E-state index in [0.717, 1.165) is 31.9 Å². The van der Waals surface area contributed by atoms with Crippen molar-refractivity contribution in [3.8, 4) is 5.75 Å². The smallest absolute Gasteiger partial charge is 0.414 e. The van der Waals surface area contributed by atoms with Crippen molar-refractivity contribution in [3.63, 3.8) is 0 Å². The predicted molar refractivity (Wildman–Crippen MR) is 111 cm³/mol. The number of carboxylic acids is 2. The molecule has 0 saturated heterocycles. The van der Waals surface area contributed by atoms with Gasteiger partial charge in [-0.3, -0.25) is 0 Å². The third-order valence-corrected chi connectivity index (χ3v) is 3.74. The summed E-state index contributed by atoms with van der Waals surface area (Å²) in [6.45, 7) is 13.3. The van der Waals surface area contributed by atoms with Crippen LogP contribution in [-0.2, 0) is 24.5 Å². The number of ether oxygens (including phenoxy) is 3. The monoisotopic (exact) mass is 413 g/mol. The Kier molecular flexibility index (Phi) is 13.7. The Hall–Kier alpha value is -2.16. The van der Waals surface area contributed by atoms with Crippen LogP contribution in [0.15, 0.2) is 18.2 Å². The highest BCUT2D eigenvalue weighted by atomic mass is 16.5. The molecule has 0 aliphatic rings. The van der Waals surface area contributed by atoms with Gasteiger partial charge in [-0.15, -0.1) is 0 Å². The van der Waals surface area contributed by atoms with Crippen LogP contribution in [0.5, 0.6) is 5.75 Å². The number of benzene rings is 1. The summed E-state index contributed by atoms with van der Waals surface area (Å²) >= 11 is 0. The second-order valence-electron chi connectivity index (χ2n) is 7.42. The van der Waals surface area contributed by atoms with Gasteiger partial charge in [0.05, 0.1) is 13.2 Å². The molecule has 1 aromatic rings. The van der Waals surface area contributed by atoms with Crippen molar-refractivity contribution in [1.82, 2.24) is 5.32 Å². The van der Waals surface area contributed by atoms with Gasteiger partial charge in [0.15, 0.2) is 0 Å². The maximum absolute atomic E-state index is 9.10. The molecule has 0 heterocycles. The second kappa shape index (κ2) is 14.8. The highest BCUT2D eigenvalue weighted by Crippen LogP contribution is 2.32. The summed E-state index contributed by atoms with van der Waals surface area (Å²) in [5.41, 5.74) is 2.59. The summed E-state index contributed by atoms with van der Waals surface area (Å²) in [4.78, 5) is 18.2. The molecule has 0 radical (unpaired) electrons. The average molecular weight is 414 g/mol. The first-order valence-electron chi connectivity index (χ1n) is 9.57. The lowest BCUT2D eigenvalue weighted by Crippen LogP contribution is -2.23. The van der Waals surface area contributed by atoms with Gasteiger partial charge in [0.25, 0.3) is 0 Å². The van der Waals surface area contributed by atoms with Gasteiger partial charge in [0, 0.05) is 20.3 Å². The molecule has 0 saturated carbocycles. The van der Waals surface area contributed by atoms with E-state index in [1.807, 2.05) is 0 Å². The van der Waals surface area contributed by atoms with Gasteiger partial charge in [0.1, 0.15) is 12.4 Å². The predicted octanol–water partition coefficient (Wildman–Crippen LogP) is 2.47. The maximum atomic E-state index is 9.10. The number of aryl methyl sites for hydroxylation is 1. The van der Waals surface area contributed by atoms with Gasteiger partial charge in [-0.25, -0.2) is 9.59 Å². The lowest BCUT2D eigenvalue weighted by Gasteiger charge is -2.23. The number of nitrogens with one attached hydrogen (secondary N) is 1. The lowest BCUT2D eigenvalue weighted by atomic mass is 9.85. The van der Waals surface area contributed by atoms with E-state index in [4.69, 9.17) is 34.0 Å². The van der Waals surface area contributed by atoms with Crippen LogP contribution in [0, 0.1) is 6.92 Å². The van der Waals surface area contributed by atoms with Gasteiger partial charge in [-0.2, -0.15) is 0 Å². The van der Waals surface area contributed by atoms with E-state index in [2.05, 4.69) is 51.2 Å². The molecule has 0 atom stereocenters. The van der Waals surface area contributed by atoms with Gasteiger partial charge < -0.3 is 29.7 Å². The summed E-state index contributed by atoms with van der Waals surface area (Å²) in [5.74, 6) is -2.69. The molecule has 1 rings (SSSR count). The van der Waals surface area contributed by atoms with Crippen molar-refractivity contribution in [1.29, 1.82) is 0 Å². The number of methoxy groups -OCH3 is 1. The van der Waals surface area contributed by atoms with E-state index in [0.29, 0.717) is 19.8 Å². The van der Waals surface area contributed by atoms with E-state index >= 15 is 0 Å². The summed E-state index contributed by atoms with van der Waals surface area (Å²) in [5, 5.41) is 18.1. The highest BCUT2D eigenvalue weighted by Gasteiger charge is 2.19. The SMILES string of the molecule is COCCCNCCOCCOc1ccc(C)cc1C(C)(C)C.O=C(O)C(=O)O. The van der Waals surface area contributed by atoms with E-state index in [1.54, 1.807) is 7.11 Å². The molecule has 0 bridgehead atoms. The fourth-order valence-corrected chi connectivity index (χ4v) is 2.28. The van der Waals surface area contributed by atoms with Crippen molar-refractivity contribution in [3.05, 3.63) is 29.3 Å². The number of carbonyl (C=O) groups is 2. The minimum absolute atomic E-state index is 0.0777.